The van der Waals surface area contributed by atoms with Crippen molar-refractivity contribution in [1.82, 2.24) is 10.2 Å². The number of H-pyrrole nitrogens is 1. The molecule has 1 heterocycles. The summed E-state index contributed by atoms with van der Waals surface area (Å²) in [4.78, 5) is 11.8. The number of carbonyl (C=O) groups excluding carboxylic acids is 1. The molecule has 1 atom stereocenters. The second kappa shape index (κ2) is 4.17. The van der Waals surface area contributed by atoms with Crippen LogP contribution in [0.25, 0.3) is 0 Å². The second-order valence-corrected chi connectivity index (χ2v) is 4.55. The van der Waals surface area contributed by atoms with Crippen molar-refractivity contribution < 1.29 is 4.79 Å². The third-order valence-corrected chi connectivity index (χ3v) is 3.13. The van der Waals surface area contributed by atoms with Crippen molar-refractivity contribution in [1.29, 1.82) is 0 Å². The Morgan fingerprint density at radius 3 is 3.13 bits per heavy atom. The normalized spacial score (nSPS) is 20.0. The summed E-state index contributed by atoms with van der Waals surface area (Å²) in [6, 6.07) is 0. The third kappa shape index (κ3) is 1.96. The first-order chi connectivity index (χ1) is 7.22. The van der Waals surface area contributed by atoms with E-state index in [1.165, 1.54) is 17.7 Å². The zero-order chi connectivity index (χ0) is 10.8. The van der Waals surface area contributed by atoms with Crippen molar-refractivity contribution in [3.05, 3.63) is 17.0 Å². The Kier molecular flexibility index (Phi) is 2.89. The summed E-state index contributed by atoms with van der Waals surface area (Å²) in [6.07, 6.45) is 4.75. The summed E-state index contributed by atoms with van der Waals surface area (Å²) < 4.78 is 0. The summed E-state index contributed by atoms with van der Waals surface area (Å²) in [5.74, 6) is 0.914. The molecule has 15 heavy (non-hydrogen) atoms. The number of nitrogens with one attached hydrogen (secondary N) is 1. The van der Waals surface area contributed by atoms with E-state index >= 15 is 0 Å². The number of rotatable bonds is 3. The number of ketones is 1. The standard InChI is InChI=1S/C12H18N2O/c1-3-4-11(15)12-9-6-5-8(2)7-10(9)13-14-12/h8H,3-7H2,1-2H3,(H,13,14). The molecule has 3 heteroatoms. The van der Waals surface area contributed by atoms with Crippen LogP contribution in [0.4, 0.5) is 0 Å². The van der Waals surface area contributed by atoms with Crippen molar-refractivity contribution in [3.8, 4) is 0 Å². The molecule has 1 aromatic heterocycles. The van der Waals surface area contributed by atoms with Crippen LogP contribution in [0.1, 0.15) is 54.9 Å². The van der Waals surface area contributed by atoms with Crippen LogP contribution < -0.4 is 0 Å². The quantitative estimate of drug-likeness (QED) is 0.772. The monoisotopic (exact) mass is 206 g/mol. The van der Waals surface area contributed by atoms with E-state index in [1.807, 2.05) is 6.92 Å². The fourth-order valence-electron chi connectivity index (χ4n) is 2.26. The van der Waals surface area contributed by atoms with E-state index in [-0.39, 0.29) is 5.78 Å². The topological polar surface area (TPSA) is 45.8 Å². The molecule has 0 fully saturated rings. The molecule has 0 aromatic carbocycles. The molecule has 0 aliphatic heterocycles. The van der Waals surface area contributed by atoms with Crippen LogP contribution in [-0.4, -0.2) is 16.0 Å². The van der Waals surface area contributed by atoms with E-state index in [1.54, 1.807) is 0 Å². The maximum absolute atomic E-state index is 11.8. The van der Waals surface area contributed by atoms with Gasteiger partial charge in [-0.25, -0.2) is 0 Å². The van der Waals surface area contributed by atoms with Gasteiger partial charge in [-0.05, 0) is 31.6 Å². The smallest absolute Gasteiger partial charge is 0.183 e. The van der Waals surface area contributed by atoms with Crippen molar-refractivity contribution in [2.75, 3.05) is 0 Å². The number of hydrogen-bond donors (Lipinski definition) is 1. The Bertz CT molecular complexity index is 368. The van der Waals surface area contributed by atoms with Gasteiger partial charge in [0, 0.05) is 17.7 Å². The lowest BCUT2D eigenvalue weighted by atomic mass is 9.87. The average molecular weight is 206 g/mol. The summed E-state index contributed by atoms with van der Waals surface area (Å²) in [6.45, 7) is 4.27. The van der Waals surface area contributed by atoms with Crippen LogP contribution in [-0.2, 0) is 12.8 Å². The highest BCUT2D eigenvalue weighted by molar-refractivity contribution is 5.95. The van der Waals surface area contributed by atoms with Crippen LogP contribution in [0.15, 0.2) is 0 Å². The first-order valence-electron chi connectivity index (χ1n) is 5.81. The molecule has 0 radical (unpaired) electrons. The van der Waals surface area contributed by atoms with E-state index < -0.39 is 0 Å². The summed E-state index contributed by atoms with van der Waals surface area (Å²) in [7, 11) is 0. The zero-order valence-electron chi connectivity index (χ0n) is 9.47. The molecule has 2 rings (SSSR count). The number of fused-ring (bicyclic) bond motifs is 1. The van der Waals surface area contributed by atoms with Crippen LogP contribution in [0.3, 0.4) is 0 Å². The number of aromatic nitrogens is 2. The van der Waals surface area contributed by atoms with Crippen molar-refractivity contribution >= 4 is 5.78 Å². The molecule has 0 bridgehead atoms. The summed E-state index contributed by atoms with van der Waals surface area (Å²) >= 11 is 0. The molecule has 1 aliphatic rings. The van der Waals surface area contributed by atoms with Crippen LogP contribution >= 0.6 is 0 Å². The fraction of sp³-hybridized carbons (Fsp3) is 0.667. The first kappa shape index (κ1) is 10.4. The molecule has 3 nitrogen and oxygen atoms in total. The average Bonchev–Trinajstić information content (AvgIpc) is 2.60. The molecule has 1 unspecified atom stereocenters. The molecular weight excluding hydrogens is 188 g/mol. The maximum atomic E-state index is 11.8. The minimum absolute atomic E-state index is 0.199. The van der Waals surface area contributed by atoms with Gasteiger partial charge in [0.25, 0.3) is 0 Å². The van der Waals surface area contributed by atoms with Crippen molar-refractivity contribution in [2.24, 2.45) is 5.92 Å². The molecular formula is C12H18N2O. The van der Waals surface area contributed by atoms with Gasteiger partial charge < -0.3 is 0 Å². The van der Waals surface area contributed by atoms with Gasteiger partial charge in [0.1, 0.15) is 5.69 Å². The second-order valence-electron chi connectivity index (χ2n) is 4.55. The predicted molar refractivity (Wildman–Crippen MR) is 59.0 cm³/mol. The van der Waals surface area contributed by atoms with E-state index in [2.05, 4.69) is 17.1 Å². The van der Waals surface area contributed by atoms with Crippen LogP contribution in [0.2, 0.25) is 0 Å². The van der Waals surface area contributed by atoms with Crippen LogP contribution in [0.5, 0.6) is 0 Å². The number of hydrogen-bond acceptors (Lipinski definition) is 2. The molecule has 0 amide bonds. The van der Waals surface area contributed by atoms with Gasteiger partial charge in [-0.2, -0.15) is 5.10 Å². The highest BCUT2D eigenvalue weighted by Crippen LogP contribution is 2.26. The Labute approximate surface area is 90.3 Å². The van der Waals surface area contributed by atoms with Crippen molar-refractivity contribution in [2.45, 2.75) is 46.0 Å². The van der Waals surface area contributed by atoms with E-state index in [9.17, 15) is 4.79 Å². The molecule has 1 aliphatic carbocycles. The highest BCUT2D eigenvalue weighted by atomic mass is 16.1. The lowest BCUT2D eigenvalue weighted by Crippen LogP contribution is -2.12. The lowest BCUT2D eigenvalue weighted by molar-refractivity contribution is 0.0976. The fourth-order valence-corrected chi connectivity index (χ4v) is 2.26. The largest absolute Gasteiger partial charge is 0.292 e. The zero-order valence-corrected chi connectivity index (χ0v) is 9.47. The Hall–Kier alpha value is -1.12. The molecule has 1 aromatic rings. The van der Waals surface area contributed by atoms with Gasteiger partial charge in [0.2, 0.25) is 0 Å². The minimum atomic E-state index is 0.199. The van der Waals surface area contributed by atoms with Gasteiger partial charge in [-0.15, -0.1) is 0 Å². The lowest BCUT2D eigenvalue weighted by Gasteiger charge is -2.17. The number of Topliss-reactive ketones (excluding diaryl/α,β-unsaturated/α-hetero) is 1. The van der Waals surface area contributed by atoms with Gasteiger partial charge >= 0.3 is 0 Å². The maximum Gasteiger partial charge on any atom is 0.183 e. The van der Waals surface area contributed by atoms with Gasteiger partial charge in [-0.3, -0.25) is 9.89 Å². The van der Waals surface area contributed by atoms with E-state index in [0.29, 0.717) is 18.0 Å². The van der Waals surface area contributed by atoms with Crippen molar-refractivity contribution in [3.63, 3.8) is 0 Å². The SMILES string of the molecule is CCCC(=O)c1n[nH]c2c1CCC(C)C2. The molecule has 82 valence electrons. The Morgan fingerprint density at radius 1 is 1.60 bits per heavy atom. The van der Waals surface area contributed by atoms with Crippen LogP contribution in [0, 0.1) is 5.92 Å². The molecule has 0 spiro atoms. The Balaban J connectivity index is 2.24. The number of carbonyl (C=O) groups is 1. The van der Waals surface area contributed by atoms with E-state index in [4.69, 9.17) is 0 Å². The molecule has 1 N–H and O–H groups in total. The third-order valence-electron chi connectivity index (χ3n) is 3.13. The summed E-state index contributed by atoms with van der Waals surface area (Å²) in [5, 5.41) is 7.20. The Morgan fingerprint density at radius 2 is 2.40 bits per heavy atom. The highest BCUT2D eigenvalue weighted by Gasteiger charge is 2.23. The number of nitrogens with zero attached hydrogens (tertiary/aromatic N) is 1. The molecule has 0 saturated carbocycles. The predicted octanol–water partition coefficient (Wildman–Crippen LogP) is 2.52. The van der Waals surface area contributed by atoms with E-state index in [0.717, 1.165) is 19.3 Å². The summed E-state index contributed by atoms with van der Waals surface area (Å²) in [5.41, 5.74) is 3.08. The minimum Gasteiger partial charge on any atom is -0.292 e. The van der Waals surface area contributed by atoms with Gasteiger partial charge in [-0.1, -0.05) is 13.8 Å². The van der Waals surface area contributed by atoms with Gasteiger partial charge in [0.15, 0.2) is 5.78 Å². The number of aromatic amines is 1. The molecule has 0 saturated heterocycles. The van der Waals surface area contributed by atoms with Gasteiger partial charge in [0.05, 0.1) is 0 Å². The first-order valence-corrected chi connectivity index (χ1v) is 5.81.